The van der Waals surface area contributed by atoms with Crippen molar-refractivity contribution in [3.63, 3.8) is 0 Å². The van der Waals surface area contributed by atoms with E-state index in [0.717, 1.165) is 102 Å². The zero-order chi connectivity index (χ0) is 87.5. The van der Waals surface area contributed by atoms with Gasteiger partial charge >= 0.3 is 5.97 Å². The highest BCUT2D eigenvalue weighted by atomic mass is 127. The van der Waals surface area contributed by atoms with Crippen molar-refractivity contribution in [2.24, 2.45) is 5.73 Å². The van der Waals surface area contributed by atoms with E-state index in [0.29, 0.717) is 136 Å². The number of aryl methyl sites for hydroxylation is 5. The Kier molecular flexibility index (Phi) is 33.9. The third kappa shape index (κ3) is 26.8. The fourth-order valence-electron chi connectivity index (χ4n) is 12.1. The maximum Gasteiger partial charge on any atom is 0.360 e. The number of hydrogen-bond acceptors (Lipinski definition) is 31. The fraction of sp³-hybridized carbons (Fsp3) is 0.341. The standard InChI is InChI=1S/C23H25N7O3.C23H21N7O3.C13H13N5O.C10H9IN2O2.C8H9N3O2.C6H8N2.C2H6O/c2*31-22(25-12-19-6-1-3-7-24-19)21-13-30(29-28-21)8-4-2-5-18-10-16-9-17(11-20(16)27-26-18)23(32)14-33-15-23;1-2-3-8-18-10-12(16-17-18)13(19)15-9-11-6-4-5-7-14-11;11-9-2-6-1-7(3-8(6)12-13-9)10(14)4-15-5-10;1-3-4-5-11-6-7(9-10-11)8(12)13-2;7-5-6-3-1-2-4-8-6;1-2-3/h1,3,6-7,9-10,13,32H,2,4-5,8,11-12,14-15H2,(H,25,31);1,3,6-7,9-10,13,32H,4,8,11-12,14-15H2,(H,25,31);1,4-7,10H,3,8-9H2,(H,15,19);1-2,14H,3-5H2;1,6H,4-5H2,2H3;1-4H,5,7H2;3H,2H2,1H3. The Labute approximate surface area is 726 Å². The number of fused-ring (bicyclic) bond motifs is 3. The first-order valence-electron chi connectivity index (χ1n) is 39.3. The number of aliphatic hydroxyl groups is 4. The number of nitrogens with two attached hydrogens (primary N) is 1. The zero-order valence-corrected chi connectivity index (χ0v) is 70.1. The van der Waals surface area contributed by atoms with Crippen molar-refractivity contribution in [3.05, 3.63) is 252 Å². The Balaban J connectivity index is 0.000000152. The molecule has 0 bridgehead atoms. The Bertz CT molecular complexity index is 5640. The van der Waals surface area contributed by atoms with Crippen LogP contribution in [-0.2, 0) is 97.0 Å². The first-order chi connectivity index (χ1) is 60.3. The van der Waals surface area contributed by atoms with Gasteiger partial charge in [0.25, 0.3) is 17.7 Å². The van der Waals surface area contributed by atoms with Gasteiger partial charge in [-0.1, -0.05) is 69.3 Å². The molecule has 640 valence electrons. The van der Waals surface area contributed by atoms with Gasteiger partial charge in [-0.3, -0.25) is 53.0 Å². The monoisotopic (exact) mass is 1790 g/mol. The molecular weight excluding hydrogens is 1700 g/mol. The van der Waals surface area contributed by atoms with Crippen LogP contribution in [-0.4, -0.2) is 225 Å². The number of hydrogen-bond donors (Lipinski definition) is 8. The maximum absolute atomic E-state index is 12.3. The largest absolute Gasteiger partial charge is 0.464 e. The van der Waals surface area contributed by atoms with Gasteiger partial charge in [-0.25, -0.2) is 4.79 Å². The van der Waals surface area contributed by atoms with E-state index in [4.69, 9.17) is 37.9 Å². The first-order valence-corrected chi connectivity index (χ1v) is 40.4. The molecule has 124 heavy (non-hydrogen) atoms. The molecule has 6 aliphatic rings. The van der Waals surface area contributed by atoms with Crippen LogP contribution in [0.25, 0.3) is 18.2 Å². The normalized spacial score (nSPS) is 14.3. The molecule has 38 nitrogen and oxygen atoms in total. The second-order valence-corrected chi connectivity index (χ2v) is 29.4. The number of carbonyl (C=O) groups is 4. The van der Waals surface area contributed by atoms with Crippen LogP contribution in [0, 0.1) is 40.2 Å². The molecule has 3 saturated heterocycles. The lowest BCUT2D eigenvalue weighted by Crippen LogP contribution is -2.51. The van der Waals surface area contributed by atoms with Gasteiger partial charge < -0.3 is 61.1 Å². The van der Waals surface area contributed by atoms with Gasteiger partial charge in [-0.2, -0.15) is 20.4 Å². The second kappa shape index (κ2) is 46.0. The molecule has 3 fully saturated rings. The molecule has 3 aliphatic heterocycles. The van der Waals surface area contributed by atoms with Gasteiger partial charge in [0, 0.05) is 99.7 Å². The minimum atomic E-state index is -0.876. The van der Waals surface area contributed by atoms with Crippen molar-refractivity contribution >= 4 is 64.5 Å². The Morgan fingerprint density at radius 1 is 0.492 bits per heavy atom. The number of unbranched alkanes of at least 4 members (excludes halogenated alkanes) is 1. The van der Waals surface area contributed by atoms with Gasteiger partial charge in [0.1, 0.15) is 26.2 Å². The van der Waals surface area contributed by atoms with Crippen LogP contribution in [0.3, 0.4) is 0 Å². The molecule has 39 heteroatoms. The Hall–Kier alpha value is -13.4. The average molecular weight is 1800 g/mol. The summed E-state index contributed by atoms with van der Waals surface area (Å²) in [6, 6.07) is 28.2. The first kappa shape index (κ1) is 91.3. The summed E-state index contributed by atoms with van der Waals surface area (Å²) in [5, 5.41) is 103. The fourth-order valence-corrected chi connectivity index (χ4v) is 12.5. The number of terminal acetylenes is 2. The highest BCUT2D eigenvalue weighted by Gasteiger charge is 2.44. The third-order valence-corrected chi connectivity index (χ3v) is 19.5. The number of esters is 1. The molecule has 11 aromatic heterocycles. The molecule has 0 unspecified atom stereocenters. The van der Waals surface area contributed by atoms with Gasteiger partial charge in [0.15, 0.2) is 22.8 Å². The molecule has 9 N–H and O–H groups in total. The minimum absolute atomic E-state index is 0.194. The van der Waals surface area contributed by atoms with Crippen molar-refractivity contribution < 1.29 is 58.6 Å². The number of aromatic nitrogens is 22. The van der Waals surface area contributed by atoms with E-state index in [2.05, 4.69) is 165 Å². The molecule has 0 aromatic carbocycles. The Morgan fingerprint density at radius 3 is 1.26 bits per heavy atom. The van der Waals surface area contributed by atoms with E-state index in [9.17, 15) is 34.5 Å². The van der Waals surface area contributed by atoms with Crippen LogP contribution in [0.15, 0.2) is 157 Å². The summed E-state index contributed by atoms with van der Waals surface area (Å²) >= 11 is 2.13. The summed E-state index contributed by atoms with van der Waals surface area (Å²) in [5.74, 6) is 9.67. The number of nitrogens with zero attached hydrogens (tertiary/aromatic N) is 22. The van der Waals surface area contributed by atoms with Crippen LogP contribution in [0.2, 0.25) is 0 Å². The van der Waals surface area contributed by atoms with Crippen LogP contribution in [0.4, 0.5) is 0 Å². The van der Waals surface area contributed by atoms with Crippen LogP contribution < -0.4 is 21.7 Å². The second-order valence-electron chi connectivity index (χ2n) is 28.3. The van der Waals surface area contributed by atoms with E-state index >= 15 is 0 Å². The molecule has 0 atom stereocenters. The molecule has 0 saturated carbocycles. The number of amides is 3. The minimum Gasteiger partial charge on any atom is -0.464 e. The van der Waals surface area contributed by atoms with E-state index < -0.39 is 22.8 Å². The summed E-state index contributed by atoms with van der Waals surface area (Å²) < 4.78 is 27.0. The van der Waals surface area contributed by atoms with E-state index in [1.54, 1.807) is 64.3 Å². The van der Waals surface area contributed by atoms with Crippen molar-refractivity contribution in [1.29, 1.82) is 0 Å². The van der Waals surface area contributed by atoms with Crippen LogP contribution >= 0.6 is 22.6 Å². The molecule has 3 amide bonds. The zero-order valence-electron chi connectivity index (χ0n) is 68.0. The SMILES string of the molecule is C#CCCn1cc(C(=O)NCc2ccccn2)nn1.C#CCCn1cc(C(=O)OC)nn1.CCO.NCc1ccccn1.O=C(NCc1ccccn1)c1cn(CCC#Cc2cc3c(nn2)CC(C2(O)COC2)=C3)nn1.O=C(NCc1ccccn1)c1cn(CCCCc2cc3c(nn2)CC(C2(O)COC2)=C3)nn1.OC1(C2=Cc3cc(I)nnc3C2)COC1. The third-order valence-electron chi connectivity index (χ3n) is 19.0. The highest BCUT2D eigenvalue weighted by molar-refractivity contribution is 14.1. The van der Waals surface area contributed by atoms with Gasteiger partial charge in [0.2, 0.25) is 0 Å². The van der Waals surface area contributed by atoms with E-state index in [1.807, 2.05) is 103 Å². The number of carbonyl (C=O) groups excluding carboxylic acids is 4. The summed E-state index contributed by atoms with van der Waals surface area (Å²) in [7, 11) is 1.29. The van der Waals surface area contributed by atoms with Gasteiger partial charge in [0.05, 0.1) is 156 Å². The average Bonchev–Trinajstić information content (AvgIpc) is 1.62. The van der Waals surface area contributed by atoms with Crippen LogP contribution in [0.5, 0.6) is 0 Å². The summed E-state index contributed by atoms with van der Waals surface area (Å²) in [6.45, 7) is 7.89. The lowest BCUT2D eigenvalue weighted by atomic mass is 9.91. The van der Waals surface area contributed by atoms with Gasteiger partial charge in [-0.15, -0.1) is 55.3 Å². The van der Waals surface area contributed by atoms with Gasteiger partial charge in [-0.05, 0) is 138 Å². The lowest BCUT2D eigenvalue weighted by Gasteiger charge is -2.37. The van der Waals surface area contributed by atoms with E-state index in [1.165, 1.54) is 18.0 Å². The number of rotatable bonds is 25. The topological polar surface area (TPSA) is 500 Å². The maximum atomic E-state index is 12.3. The predicted octanol–water partition coefficient (Wildman–Crippen LogP) is 3.69. The molecule has 0 spiro atoms. The van der Waals surface area contributed by atoms with Crippen molar-refractivity contribution in [2.75, 3.05) is 53.4 Å². The van der Waals surface area contributed by atoms with Crippen molar-refractivity contribution in [1.82, 2.24) is 126 Å². The number of pyridine rings is 4. The highest BCUT2D eigenvalue weighted by Crippen LogP contribution is 2.38. The number of aliphatic hydroxyl groups excluding tert-OH is 1. The molecule has 3 aliphatic carbocycles. The van der Waals surface area contributed by atoms with Crippen molar-refractivity contribution in [2.45, 2.75) is 134 Å². The van der Waals surface area contributed by atoms with Crippen molar-refractivity contribution in [3.8, 4) is 36.5 Å². The Morgan fingerprint density at radius 2 is 0.871 bits per heavy atom. The molecule has 0 radical (unpaired) electrons. The quantitative estimate of drug-likeness (QED) is 0.0175. The van der Waals surface area contributed by atoms with E-state index in [-0.39, 0.29) is 47.1 Å². The molecule has 11 aromatic rings. The lowest BCUT2D eigenvalue weighted by molar-refractivity contribution is -0.154. The smallest absolute Gasteiger partial charge is 0.360 e. The molecular formula is C85H91IN26O12. The molecule has 14 heterocycles. The number of ether oxygens (including phenoxy) is 4. The predicted molar refractivity (Wildman–Crippen MR) is 455 cm³/mol. The molecule has 17 rings (SSSR count). The number of halogens is 1. The summed E-state index contributed by atoms with van der Waals surface area (Å²) in [4.78, 5) is 63.6. The number of methoxy groups -OCH3 is 1. The van der Waals surface area contributed by atoms with Crippen LogP contribution in [0.1, 0.15) is 149 Å². The number of nitrogens with one attached hydrogen (secondary N) is 3. The summed E-state index contributed by atoms with van der Waals surface area (Å²) in [5.41, 5.74) is 17.2. The summed E-state index contributed by atoms with van der Waals surface area (Å²) in [6.07, 6.45) is 35.4.